The average Bonchev–Trinajstić information content (AvgIpc) is 3.11. The van der Waals surface area contributed by atoms with E-state index in [2.05, 4.69) is 13.8 Å². The van der Waals surface area contributed by atoms with Gasteiger partial charge in [0.25, 0.3) is 11.7 Å². The second-order valence-electron chi connectivity index (χ2n) is 9.49. The van der Waals surface area contributed by atoms with Gasteiger partial charge in [-0.1, -0.05) is 19.9 Å². The summed E-state index contributed by atoms with van der Waals surface area (Å²) in [4.78, 5) is 29.9. The second kappa shape index (κ2) is 11.9. The maximum absolute atomic E-state index is 13.2. The molecule has 1 N–H and O–H groups in total. The third-order valence-corrected chi connectivity index (χ3v) is 5.98. The molecule has 2 aromatic carbocycles. The van der Waals surface area contributed by atoms with Crippen LogP contribution in [0.25, 0.3) is 5.76 Å². The maximum Gasteiger partial charge on any atom is 0.295 e. The van der Waals surface area contributed by atoms with Crippen molar-refractivity contribution in [3.8, 4) is 17.2 Å². The van der Waals surface area contributed by atoms with Gasteiger partial charge in [-0.3, -0.25) is 9.59 Å². The zero-order valence-corrected chi connectivity index (χ0v) is 21.9. The molecule has 1 saturated heterocycles. The molecule has 36 heavy (non-hydrogen) atoms. The van der Waals surface area contributed by atoms with Crippen molar-refractivity contribution in [2.75, 3.05) is 48.0 Å². The lowest BCUT2D eigenvalue weighted by molar-refractivity contribution is -0.139. The first kappa shape index (κ1) is 27.1. The monoisotopic (exact) mass is 496 g/mol. The van der Waals surface area contributed by atoms with Crippen LogP contribution >= 0.6 is 0 Å². The number of ether oxygens (including phenoxy) is 3. The van der Waals surface area contributed by atoms with E-state index in [1.165, 1.54) is 12.0 Å². The van der Waals surface area contributed by atoms with E-state index in [1.807, 2.05) is 19.0 Å². The molecule has 0 aromatic heterocycles. The summed E-state index contributed by atoms with van der Waals surface area (Å²) in [7, 11) is 6.97. The highest BCUT2D eigenvalue weighted by Crippen LogP contribution is 2.42. The largest absolute Gasteiger partial charge is 0.507 e. The van der Waals surface area contributed by atoms with Crippen molar-refractivity contribution in [3.05, 3.63) is 59.2 Å². The number of nitrogens with zero attached hydrogens (tertiary/aromatic N) is 2. The van der Waals surface area contributed by atoms with Crippen LogP contribution < -0.4 is 14.2 Å². The number of aliphatic hydroxyl groups excluding tert-OH is 1. The summed E-state index contributed by atoms with van der Waals surface area (Å²) < 4.78 is 16.5. The number of carbonyl (C=O) groups excluding carboxylic acids is 2. The molecule has 194 valence electrons. The molecule has 1 aliphatic rings. The van der Waals surface area contributed by atoms with Gasteiger partial charge < -0.3 is 29.1 Å². The summed E-state index contributed by atoms with van der Waals surface area (Å²) in [5, 5.41) is 11.3. The molecule has 0 radical (unpaired) electrons. The fourth-order valence-corrected chi connectivity index (χ4v) is 4.16. The van der Waals surface area contributed by atoms with Gasteiger partial charge in [-0.25, -0.2) is 0 Å². The molecule has 0 bridgehead atoms. The van der Waals surface area contributed by atoms with Crippen molar-refractivity contribution < 1.29 is 28.9 Å². The van der Waals surface area contributed by atoms with Crippen molar-refractivity contribution in [2.45, 2.75) is 26.3 Å². The number of hydrogen-bond donors (Lipinski definition) is 1. The number of aliphatic hydroxyl groups is 1. The normalized spacial score (nSPS) is 17.2. The standard InChI is InChI=1S/C28H36N2O6/c1-18(2)17-36-21-11-8-19(9-12-21)26(31)24-25(20-10-13-22(34-5)23(16-20)35-6)30(28(33)27(24)32)15-7-14-29(3)4/h8-13,16,18,25,31H,7,14-15,17H2,1-6H3/b26-24+. The summed E-state index contributed by atoms with van der Waals surface area (Å²) >= 11 is 0. The van der Waals surface area contributed by atoms with Crippen molar-refractivity contribution in [1.29, 1.82) is 0 Å². The fraction of sp³-hybridized carbons (Fsp3) is 0.429. The van der Waals surface area contributed by atoms with E-state index in [0.29, 0.717) is 53.9 Å². The molecule has 1 fully saturated rings. The van der Waals surface area contributed by atoms with Crippen molar-refractivity contribution in [2.24, 2.45) is 5.92 Å². The Morgan fingerprint density at radius 1 is 1.03 bits per heavy atom. The average molecular weight is 497 g/mol. The van der Waals surface area contributed by atoms with Crippen LogP contribution in [-0.2, 0) is 9.59 Å². The molecule has 1 heterocycles. The minimum atomic E-state index is -0.760. The minimum Gasteiger partial charge on any atom is -0.507 e. The highest BCUT2D eigenvalue weighted by molar-refractivity contribution is 6.46. The fourth-order valence-electron chi connectivity index (χ4n) is 4.16. The zero-order valence-electron chi connectivity index (χ0n) is 21.9. The summed E-state index contributed by atoms with van der Waals surface area (Å²) in [6.07, 6.45) is 0.672. The van der Waals surface area contributed by atoms with E-state index in [0.717, 1.165) is 6.54 Å². The van der Waals surface area contributed by atoms with Gasteiger partial charge in [0.15, 0.2) is 11.5 Å². The molecule has 0 spiro atoms. The smallest absolute Gasteiger partial charge is 0.295 e. The number of ketones is 1. The van der Waals surface area contributed by atoms with E-state index in [-0.39, 0.29) is 11.3 Å². The van der Waals surface area contributed by atoms with Gasteiger partial charge in [0.05, 0.1) is 32.4 Å². The predicted molar refractivity (Wildman–Crippen MR) is 139 cm³/mol. The van der Waals surface area contributed by atoms with Crippen LogP contribution in [0.3, 0.4) is 0 Å². The maximum atomic E-state index is 13.2. The van der Waals surface area contributed by atoms with Gasteiger partial charge >= 0.3 is 0 Å². The quantitative estimate of drug-likeness (QED) is 0.285. The molecule has 8 nitrogen and oxygen atoms in total. The number of hydrogen-bond acceptors (Lipinski definition) is 7. The van der Waals surface area contributed by atoms with Crippen LogP contribution in [0.4, 0.5) is 0 Å². The molecular weight excluding hydrogens is 460 g/mol. The van der Waals surface area contributed by atoms with E-state index in [4.69, 9.17) is 14.2 Å². The van der Waals surface area contributed by atoms with E-state index < -0.39 is 17.7 Å². The Morgan fingerprint density at radius 3 is 2.28 bits per heavy atom. The van der Waals surface area contributed by atoms with Gasteiger partial charge in [-0.15, -0.1) is 0 Å². The second-order valence-corrected chi connectivity index (χ2v) is 9.49. The molecular formula is C28H36N2O6. The molecule has 3 rings (SSSR count). The minimum absolute atomic E-state index is 0.0490. The van der Waals surface area contributed by atoms with E-state index >= 15 is 0 Å². The van der Waals surface area contributed by atoms with Gasteiger partial charge in [-0.2, -0.15) is 0 Å². The van der Waals surface area contributed by atoms with Crippen LogP contribution in [0, 0.1) is 5.92 Å². The van der Waals surface area contributed by atoms with Gasteiger partial charge in [0.1, 0.15) is 11.5 Å². The number of carbonyl (C=O) groups is 2. The molecule has 1 amide bonds. The highest BCUT2D eigenvalue weighted by atomic mass is 16.5. The Labute approximate surface area is 213 Å². The number of amides is 1. The first-order valence-electron chi connectivity index (χ1n) is 12.1. The molecule has 2 aromatic rings. The lowest BCUT2D eigenvalue weighted by atomic mass is 9.95. The SMILES string of the molecule is COc1ccc(C2/C(=C(\O)c3ccc(OCC(C)C)cc3)C(=O)C(=O)N2CCCN(C)C)cc1OC. The Balaban J connectivity index is 2.06. The number of methoxy groups -OCH3 is 2. The first-order chi connectivity index (χ1) is 17.2. The molecule has 0 aliphatic carbocycles. The van der Waals surface area contributed by atoms with Crippen molar-refractivity contribution in [3.63, 3.8) is 0 Å². The van der Waals surface area contributed by atoms with E-state index in [9.17, 15) is 14.7 Å². The number of rotatable bonds is 11. The Morgan fingerprint density at radius 2 is 1.69 bits per heavy atom. The summed E-state index contributed by atoms with van der Waals surface area (Å²) in [6, 6.07) is 11.4. The van der Waals surface area contributed by atoms with Crippen LogP contribution in [-0.4, -0.2) is 74.6 Å². The van der Waals surface area contributed by atoms with Crippen LogP contribution in [0.1, 0.15) is 37.4 Å². The van der Waals surface area contributed by atoms with Crippen LogP contribution in [0.5, 0.6) is 17.2 Å². The Bertz CT molecular complexity index is 1110. The number of likely N-dealkylation sites (tertiary alicyclic amines) is 1. The van der Waals surface area contributed by atoms with Gasteiger partial charge in [0, 0.05) is 12.1 Å². The first-order valence-corrected chi connectivity index (χ1v) is 12.1. The van der Waals surface area contributed by atoms with Crippen molar-refractivity contribution in [1.82, 2.24) is 9.80 Å². The summed E-state index contributed by atoms with van der Waals surface area (Å²) in [6.45, 7) is 5.81. The van der Waals surface area contributed by atoms with Crippen molar-refractivity contribution >= 4 is 17.4 Å². The third kappa shape index (κ3) is 5.99. The van der Waals surface area contributed by atoms with Crippen LogP contribution in [0.15, 0.2) is 48.0 Å². The molecule has 0 saturated carbocycles. The molecule has 1 atom stereocenters. The number of benzene rings is 2. The molecule has 8 heteroatoms. The molecule has 1 aliphatic heterocycles. The van der Waals surface area contributed by atoms with Gasteiger partial charge in [-0.05, 0) is 74.9 Å². The Kier molecular flexibility index (Phi) is 8.98. The summed E-state index contributed by atoms with van der Waals surface area (Å²) in [5.74, 6) is 0.482. The number of Topliss-reactive ketones (excluding diaryl/α,β-unsaturated/α-hetero) is 1. The van der Waals surface area contributed by atoms with Crippen LogP contribution in [0.2, 0.25) is 0 Å². The topological polar surface area (TPSA) is 88.5 Å². The highest BCUT2D eigenvalue weighted by Gasteiger charge is 2.46. The zero-order chi connectivity index (χ0) is 26.4. The lowest BCUT2D eigenvalue weighted by Crippen LogP contribution is -2.32. The lowest BCUT2D eigenvalue weighted by Gasteiger charge is -2.26. The predicted octanol–water partition coefficient (Wildman–Crippen LogP) is 4.11. The Hall–Kier alpha value is -3.52. The molecule has 1 unspecified atom stereocenters. The summed E-state index contributed by atoms with van der Waals surface area (Å²) in [5.41, 5.74) is 1.13. The van der Waals surface area contributed by atoms with E-state index in [1.54, 1.807) is 49.6 Å². The third-order valence-electron chi connectivity index (χ3n) is 5.98. The van der Waals surface area contributed by atoms with Gasteiger partial charge in [0.2, 0.25) is 0 Å².